The summed E-state index contributed by atoms with van der Waals surface area (Å²) < 4.78 is 5.22. The molecule has 0 radical (unpaired) electrons. The molecule has 0 spiro atoms. The molecule has 6 nitrogen and oxygen atoms in total. The van der Waals surface area contributed by atoms with Gasteiger partial charge in [-0.2, -0.15) is 5.26 Å². The summed E-state index contributed by atoms with van der Waals surface area (Å²) >= 11 is 11.2. The lowest BCUT2D eigenvalue weighted by Gasteiger charge is -2.12. The van der Waals surface area contributed by atoms with Crippen LogP contribution in [-0.2, 0) is 0 Å². The van der Waals surface area contributed by atoms with E-state index in [9.17, 15) is 5.26 Å². The first-order valence-corrected chi connectivity index (χ1v) is 9.31. The number of hydrogen-bond donors (Lipinski definition) is 3. The van der Waals surface area contributed by atoms with Gasteiger partial charge in [-0.25, -0.2) is 4.98 Å². The first kappa shape index (κ1) is 19.7. The van der Waals surface area contributed by atoms with Gasteiger partial charge in [0, 0.05) is 29.2 Å². The second-order valence-electron chi connectivity index (χ2n) is 5.87. The van der Waals surface area contributed by atoms with Gasteiger partial charge in [0.05, 0.1) is 18.2 Å². The molecule has 1 heterocycles. The van der Waals surface area contributed by atoms with E-state index in [1.165, 1.54) is 0 Å². The summed E-state index contributed by atoms with van der Waals surface area (Å²) in [4.78, 5) is 4.54. The van der Waals surface area contributed by atoms with Gasteiger partial charge in [-0.3, -0.25) is 0 Å². The number of nitrogens with zero attached hydrogens (tertiary/aromatic N) is 2. The smallest absolute Gasteiger partial charge is 0.170 e. The molecule has 3 aromatic rings. The summed E-state index contributed by atoms with van der Waals surface area (Å²) in [5.41, 5.74) is 2.07. The summed E-state index contributed by atoms with van der Waals surface area (Å²) in [5, 5.41) is 20.7. The van der Waals surface area contributed by atoms with E-state index >= 15 is 0 Å². The van der Waals surface area contributed by atoms with Gasteiger partial charge >= 0.3 is 0 Å². The minimum absolute atomic E-state index is 0.473. The van der Waals surface area contributed by atoms with Crippen LogP contribution in [0.4, 0.5) is 11.5 Å². The van der Waals surface area contributed by atoms with Crippen LogP contribution in [0.15, 0.2) is 48.5 Å². The Morgan fingerprint density at radius 3 is 2.82 bits per heavy atom. The Bertz CT molecular complexity index is 1050. The van der Waals surface area contributed by atoms with Crippen LogP contribution in [0.3, 0.4) is 0 Å². The Morgan fingerprint density at radius 2 is 2.07 bits per heavy atom. The molecule has 0 unspecified atom stereocenters. The van der Waals surface area contributed by atoms with E-state index in [1.54, 1.807) is 25.3 Å². The van der Waals surface area contributed by atoms with Crippen LogP contribution in [0, 0.1) is 11.3 Å². The fourth-order valence-electron chi connectivity index (χ4n) is 2.60. The van der Waals surface area contributed by atoms with Crippen LogP contribution in [0.2, 0.25) is 5.02 Å². The number of hydrogen-bond acceptors (Lipinski definition) is 5. The molecule has 0 fully saturated rings. The average molecular weight is 412 g/mol. The predicted molar refractivity (Wildman–Crippen MR) is 117 cm³/mol. The van der Waals surface area contributed by atoms with E-state index in [-0.39, 0.29) is 0 Å². The monoisotopic (exact) mass is 411 g/mol. The van der Waals surface area contributed by atoms with Crippen molar-refractivity contribution >= 4 is 51.3 Å². The highest BCUT2D eigenvalue weighted by molar-refractivity contribution is 7.80. The molecule has 28 heavy (non-hydrogen) atoms. The largest absolute Gasteiger partial charge is 0.497 e. The van der Waals surface area contributed by atoms with E-state index in [2.05, 4.69) is 27.0 Å². The van der Waals surface area contributed by atoms with E-state index in [4.69, 9.17) is 28.6 Å². The second kappa shape index (κ2) is 9.22. The first-order chi connectivity index (χ1) is 13.6. The summed E-state index contributed by atoms with van der Waals surface area (Å²) in [7, 11) is 1.61. The lowest BCUT2D eigenvalue weighted by molar-refractivity contribution is 0.415. The number of methoxy groups -OCH3 is 1. The third-order valence-electron chi connectivity index (χ3n) is 3.93. The van der Waals surface area contributed by atoms with Gasteiger partial charge in [0.2, 0.25) is 0 Å². The summed E-state index contributed by atoms with van der Waals surface area (Å²) in [5.74, 6) is 1.26. The molecule has 0 amide bonds. The third kappa shape index (κ3) is 5.00. The number of benzene rings is 2. The van der Waals surface area contributed by atoms with Crippen LogP contribution >= 0.6 is 23.8 Å². The molecular weight excluding hydrogens is 394 g/mol. The maximum Gasteiger partial charge on any atom is 0.170 e. The number of nitrogens with one attached hydrogen (secondary N) is 3. The van der Waals surface area contributed by atoms with Gasteiger partial charge in [0.1, 0.15) is 17.6 Å². The quantitative estimate of drug-likeness (QED) is 0.415. The number of ether oxygens (including phenoxy) is 1. The molecule has 0 aliphatic heterocycles. The Hall–Kier alpha value is -3.08. The average Bonchev–Trinajstić information content (AvgIpc) is 2.70. The zero-order valence-corrected chi connectivity index (χ0v) is 16.7. The number of pyridine rings is 1. The minimum Gasteiger partial charge on any atom is -0.497 e. The second-order valence-corrected chi connectivity index (χ2v) is 6.72. The van der Waals surface area contributed by atoms with Crippen molar-refractivity contribution < 1.29 is 4.74 Å². The lowest BCUT2D eigenvalue weighted by atomic mass is 10.1. The Labute approximate surface area is 173 Å². The van der Waals surface area contributed by atoms with Gasteiger partial charge in [-0.15, -0.1) is 0 Å². The number of anilines is 2. The molecule has 3 rings (SSSR count). The standard InChI is InChI=1S/C20H18ClN5OS/c1-27-17-5-6-18-13(10-17)9-14(12-22)19(26-18)23-7-8-24-20(28)25-16-4-2-3-15(21)11-16/h2-6,9-11H,7-8H2,1H3,(H,23,26)(H2,24,25,28). The molecule has 0 saturated heterocycles. The van der Waals surface area contributed by atoms with Crippen molar-refractivity contribution in [3.63, 3.8) is 0 Å². The van der Waals surface area contributed by atoms with Gasteiger partial charge in [0.25, 0.3) is 0 Å². The van der Waals surface area contributed by atoms with Crippen LogP contribution in [-0.4, -0.2) is 30.3 Å². The van der Waals surface area contributed by atoms with Gasteiger partial charge in [0.15, 0.2) is 5.11 Å². The van der Waals surface area contributed by atoms with Crippen LogP contribution in [0.1, 0.15) is 5.56 Å². The van der Waals surface area contributed by atoms with Crippen molar-refractivity contribution in [1.82, 2.24) is 10.3 Å². The zero-order valence-electron chi connectivity index (χ0n) is 15.1. The molecular formula is C20H18ClN5OS. The van der Waals surface area contributed by atoms with Crippen LogP contribution < -0.4 is 20.7 Å². The van der Waals surface area contributed by atoms with Gasteiger partial charge in [-0.1, -0.05) is 17.7 Å². The van der Waals surface area contributed by atoms with E-state index in [0.29, 0.717) is 34.6 Å². The maximum absolute atomic E-state index is 9.42. The van der Waals surface area contributed by atoms with E-state index < -0.39 is 0 Å². The number of thiocarbonyl (C=S) groups is 1. The highest BCUT2D eigenvalue weighted by Gasteiger charge is 2.07. The van der Waals surface area contributed by atoms with Gasteiger partial charge in [-0.05, 0) is 54.7 Å². The molecule has 0 aliphatic rings. The number of halogens is 1. The van der Waals surface area contributed by atoms with E-state index in [0.717, 1.165) is 22.3 Å². The van der Waals surface area contributed by atoms with Crippen LogP contribution in [0.5, 0.6) is 5.75 Å². The summed E-state index contributed by atoms with van der Waals surface area (Å²) in [6, 6.07) is 16.9. The fraction of sp³-hybridized carbons (Fsp3) is 0.150. The maximum atomic E-state index is 9.42. The molecule has 0 aliphatic carbocycles. The number of rotatable bonds is 6. The normalized spacial score (nSPS) is 10.2. The van der Waals surface area contributed by atoms with E-state index in [1.807, 2.05) is 30.3 Å². The van der Waals surface area contributed by atoms with Crippen molar-refractivity contribution in [2.24, 2.45) is 0 Å². The number of aromatic nitrogens is 1. The molecule has 1 aromatic heterocycles. The highest BCUT2D eigenvalue weighted by atomic mass is 35.5. The zero-order chi connectivity index (χ0) is 19.9. The van der Waals surface area contributed by atoms with Crippen molar-refractivity contribution in [3.8, 4) is 11.8 Å². The molecule has 142 valence electrons. The molecule has 3 N–H and O–H groups in total. The Morgan fingerprint density at radius 1 is 1.21 bits per heavy atom. The number of fused-ring (bicyclic) bond motifs is 1. The minimum atomic E-state index is 0.473. The van der Waals surface area contributed by atoms with Crippen LogP contribution in [0.25, 0.3) is 10.9 Å². The fourth-order valence-corrected chi connectivity index (χ4v) is 3.01. The third-order valence-corrected chi connectivity index (χ3v) is 4.41. The SMILES string of the molecule is COc1ccc2nc(NCCNC(=S)Nc3cccc(Cl)c3)c(C#N)cc2c1. The lowest BCUT2D eigenvalue weighted by Crippen LogP contribution is -2.32. The summed E-state index contributed by atoms with van der Waals surface area (Å²) in [6.45, 7) is 1.10. The van der Waals surface area contributed by atoms with Gasteiger partial charge < -0.3 is 20.7 Å². The Balaban J connectivity index is 1.57. The topological polar surface area (TPSA) is 82.0 Å². The first-order valence-electron chi connectivity index (χ1n) is 8.52. The molecule has 2 aromatic carbocycles. The highest BCUT2D eigenvalue weighted by Crippen LogP contribution is 2.23. The van der Waals surface area contributed by atoms with Crippen molar-refractivity contribution in [2.45, 2.75) is 0 Å². The van der Waals surface area contributed by atoms with Crippen molar-refractivity contribution in [1.29, 1.82) is 5.26 Å². The predicted octanol–water partition coefficient (Wildman–Crippen LogP) is 4.17. The van der Waals surface area contributed by atoms with Crippen molar-refractivity contribution in [2.75, 3.05) is 30.8 Å². The molecule has 0 bridgehead atoms. The molecule has 8 heteroatoms. The molecule has 0 saturated carbocycles. The molecule has 0 atom stereocenters. The Kier molecular flexibility index (Phi) is 6.48. The number of nitriles is 1. The summed E-state index contributed by atoms with van der Waals surface area (Å²) in [6.07, 6.45) is 0. The van der Waals surface area contributed by atoms with Crippen molar-refractivity contribution in [3.05, 3.63) is 59.1 Å².